The van der Waals surface area contributed by atoms with Crippen molar-refractivity contribution in [1.82, 2.24) is 10.6 Å². The standard InChI is InChI=1S/C30H39Cl2F2N3O4/c1-28(2,11-13-38)15-23-30(35,20-9-8-17(31)14-22(20)33)24(19-6-5-7-21(32)25(19)34)26(37-23)27(39)36-12-10-18-16-40-29(3,4)41-18/h5-9,14,18,23-24,26,37-38H,10-13,15-16,35H2,1-4H3,(H,36,39)/p+1/t18-,23-,24-,26+,30+/m0/s1. The Kier molecular flexibility index (Phi) is 9.70. The van der Waals surface area contributed by atoms with Gasteiger partial charge in [-0.1, -0.05) is 55.2 Å². The van der Waals surface area contributed by atoms with Crippen molar-refractivity contribution in [3.05, 3.63) is 69.2 Å². The quantitative estimate of drug-likeness (QED) is 0.335. The summed E-state index contributed by atoms with van der Waals surface area (Å²) < 4.78 is 42.8. The van der Waals surface area contributed by atoms with Gasteiger partial charge in [0.15, 0.2) is 5.79 Å². The molecule has 1 amide bonds. The molecule has 2 aromatic rings. The number of carbonyl (C=O) groups is 1. The second-order valence-corrected chi connectivity index (χ2v) is 13.1. The van der Waals surface area contributed by atoms with Crippen LogP contribution in [-0.2, 0) is 19.8 Å². The van der Waals surface area contributed by atoms with Crippen molar-refractivity contribution in [1.29, 1.82) is 0 Å². The highest BCUT2D eigenvalue weighted by molar-refractivity contribution is 6.31. The summed E-state index contributed by atoms with van der Waals surface area (Å²) in [5, 5.41) is 14.1. The van der Waals surface area contributed by atoms with Crippen LogP contribution in [0.3, 0.4) is 0 Å². The highest BCUT2D eigenvalue weighted by Crippen LogP contribution is 2.50. The van der Waals surface area contributed by atoms with E-state index in [1.807, 2.05) is 27.7 Å². The van der Waals surface area contributed by atoms with Gasteiger partial charge in [-0.05, 0) is 55.9 Å². The second kappa shape index (κ2) is 12.4. The Balaban J connectivity index is 1.75. The van der Waals surface area contributed by atoms with Gasteiger partial charge in [0.25, 0.3) is 0 Å². The summed E-state index contributed by atoms with van der Waals surface area (Å²) >= 11 is 12.3. The average Bonchev–Trinajstić information content (AvgIpc) is 3.36. The molecule has 0 aliphatic carbocycles. The van der Waals surface area contributed by atoms with Crippen LogP contribution in [-0.4, -0.2) is 54.7 Å². The van der Waals surface area contributed by atoms with Gasteiger partial charge >= 0.3 is 0 Å². The van der Waals surface area contributed by atoms with Crippen molar-refractivity contribution >= 4 is 29.1 Å². The third-order valence-electron chi connectivity index (χ3n) is 8.19. The molecule has 0 unspecified atom stereocenters. The number of hydrogen-bond acceptors (Lipinski definition) is 5. The van der Waals surface area contributed by atoms with Crippen LogP contribution in [0.25, 0.3) is 0 Å². The lowest BCUT2D eigenvalue weighted by Gasteiger charge is -2.40. The Labute approximate surface area is 250 Å². The Morgan fingerprint density at radius 3 is 2.61 bits per heavy atom. The van der Waals surface area contributed by atoms with Gasteiger partial charge in [0.05, 0.1) is 29.3 Å². The number of benzene rings is 2. The number of hydrogen-bond donors (Lipinski definition) is 3. The van der Waals surface area contributed by atoms with Crippen molar-refractivity contribution in [3.8, 4) is 0 Å². The molecule has 0 saturated carbocycles. The molecule has 41 heavy (non-hydrogen) atoms. The number of halogens is 4. The van der Waals surface area contributed by atoms with Gasteiger partial charge in [-0.15, -0.1) is 0 Å². The van der Waals surface area contributed by atoms with Crippen LogP contribution in [0, 0.1) is 17.0 Å². The average molecular weight is 616 g/mol. The van der Waals surface area contributed by atoms with Gasteiger partial charge in [0.1, 0.15) is 18.2 Å². The van der Waals surface area contributed by atoms with Crippen LogP contribution in [0.5, 0.6) is 0 Å². The molecule has 2 aromatic carbocycles. The zero-order chi connectivity index (χ0) is 30.2. The van der Waals surface area contributed by atoms with Gasteiger partial charge in [-0.3, -0.25) is 4.79 Å². The van der Waals surface area contributed by atoms with E-state index in [0.29, 0.717) is 25.9 Å². The number of nitrogens with one attached hydrogen (secondary N) is 2. The number of rotatable bonds is 10. The molecule has 2 aliphatic heterocycles. The number of ether oxygens (including phenoxy) is 2. The van der Waals surface area contributed by atoms with Crippen LogP contribution >= 0.6 is 23.2 Å². The van der Waals surface area contributed by atoms with Crippen molar-refractivity contribution in [3.63, 3.8) is 0 Å². The van der Waals surface area contributed by atoms with Gasteiger partial charge in [0, 0.05) is 35.5 Å². The van der Waals surface area contributed by atoms with Crippen LogP contribution < -0.4 is 16.4 Å². The van der Waals surface area contributed by atoms with Crippen LogP contribution in [0.2, 0.25) is 10.0 Å². The Bertz CT molecular complexity index is 1260. The maximum absolute atomic E-state index is 15.7. The van der Waals surface area contributed by atoms with Crippen LogP contribution in [0.15, 0.2) is 36.4 Å². The first-order valence-corrected chi connectivity index (χ1v) is 14.6. The summed E-state index contributed by atoms with van der Waals surface area (Å²) in [4.78, 5) is 13.8. The smallest absolute Gasteiger partial charge is 0.237 e. The SMILES string of the molecule is CC(C)(CC[OH2+])C[C@@H]1N[C@@H](C(=O)NCC[C@H]2COC(C)(C)O2)[C@H](c2cccc(Cl)c2F)[C@@]1(N)c1ccc(Cl)cc1F. The van der Waals surface area contributed by atoms with E-state index >= 15 is 8.78 Å². The summed E-state index contributed by atoms with van der Waals surface area (Å²) in [6, 6.07) is 7.06. The zero-order valence-electron chi connectivity index (χ0n) is 23.8. The van der Waals surface area contributed by atoms with Crippen molar-refractivity contribution in [2.75, 3.05) is 19.8 Å². The van der Waals surface area contributed by atoms with Gasteiger partial charge in [0.2, 0.25) is 5.91 Å². The highest BCUT2D eigenvalue weighted by Gasteiger charge is 2.58. The van der Waals surface area contributed by atoms with Crippen molar-refractivity contribution in [2.45, 2.75) is 82.4 Å². The minimum absolute atomic E-state index is 0.108. The summed E-state index contributed by atoms with van der Waals surface area (Å²) in [5.41, 5.74) is 5.50. The van der Waals surface area contributed by atoms with Gasteiger partial charge < -0.3 is 30.9 Å². The predicted octanol–water partition coefficient (Wildman–Crippen LogP) is 4.74. The fourth-order valence-corrected chi connectivity index (χ4v) is 6.50. The van der Waals surface area contributed by atoms with E-state index in [2.05, 4.69) is 10.6 Å². The third-order valence-corrected chi connectivity index (χ3v) is 8.72. The third kappa shape index (κ3) is 6.88. The molecule has 226 valence electrons. The zero-order valence-corrected chi connectivity index (χ0v) is 25.3. The lowest BCUT2D eigenvalue weighted by Crippen LogP contribution is -2.52. The Hall–Kier alpha value is -1.85. The molecule has 0 bridgehead atoms. The molecule has 7 nitrogen and oxygen atoms in total. The topological polar surface area (TPSA) is 109 Å². The molecule has 5 atom stereocenters. The molecule has 0 spiro atoms. The summed E-state index contributed by atoms with van der Waals surface area (Å²) in [5.74, 6) is -3.49. The van der Waals surface area contributed by atoms with Gasteiger partial charge in [-0.25, -0.2) is 8.78 Å². The van der Waals surface area contributed by atoms with Crippen molar-refractivity contribution < 1.29 is 28.2 Å². The first-order chi connectivity index (χ1) is 19.2. The Morgan fingerprint density at radius 1 is 1.24 bits per heavy atom. The van der Waals surface area contributed by atoms with E-state index in [-0.39, 0.29) is 45.8 Å². The molecule has 0 radical (unpaired) electrons. The molecule has 2 heterocycles. The molecule has 2 fully saturated rings. The number of nitrogens with two attached hydrogens (primary N) is 1. The fraction of sp³-hybridized carbons (Fsp3) is 0.567. The fourth-order valence-electron chi connectivity index (χ4n) is 6.16. The molecule has 2 aliphatic rings. The van der Waals surface area contributed by atoms with E-state index in [4.69, 9.17) is 43.5 Å². The van der Waals surface area contributed by atoms with Crippen LogP contribution in [0.1, 0.15) is 64.0 Å². The molecule has 4 rings (SSSR count). The number of carbonyl (C=O) groups excluding carboxylic acids is 1. The maximum Gasteiger partial charge on any atom is 0.237 e. The number of amides is 1. The molecule has 2 saturated heterocycles. The van der Waals surface area contributed by atoms with E-state index in [1.165, 1.54) is 30.3 Å². The molecule has 6 N–H and O–H groups in total. The normalized spacial score (nSPS) is 27.8. The summed E-state index contributed by atoms with van der Waals surface area (Å²) in [7, 11) is 0. The molecule has 0 aromatic heterocycles. The summed E-state index contributed by atoms with van der Waals surface area (Å²) in [6.07, 6.45) is 1.28. The van der Waals surface area contributed by atoms with E-state index in [0.717, 1.165) is 0 Å². The minimum atomic E-state index is -1.58. The predicted molar refractivity (Wildman–Crippen MR) is 156 cm³/mol. The van der Waals surface area contributed by atoms with Crippen LogP contribution in [0.4, 0.5) is 8.78 Å². The molecular weight excluding hydrogens is 575 g/mol. The van der Waals surface area contributed by atoms with Gasteiger partial charge in [-0.2, -0.15) is 0 Å². The Morgan fingerprint density at radius 2 is 1.98 bits per heavy atom. The minimum Gasteiger partial charge on any atom is -0.445 e. The summed E-state index contributed by atoms with van der Waals surface area (Å²) in [6.45, 7) is 8.54. The van der Waals surface area contributed by atoms with E-state index < -0.39 is 46.9 Å². The van der Waals surface area contributed by atoms with E-state index in [9.17, 15) is 4.79 Å². The second-order valence-electron chi connectivity index (χ2n) is 12.3. The lowest BCUT2D eigenvalue weighted by molar-refractivity contribution is -0.138. The van der Waals surface area contributed by atoms with Crippen molar-refractivity contribution in [2.24, 2.45) is 11.1 Å². The van der Waals surface area contributed by atoms with E-state index in [1.54, 1.807) is 6.07 Å². The molecular formula is C30H40Cl2F2N3O4+. The first-order valence-electron chi connectivity index (χ1n) is 13.9. The lowest BCUT2D eigenvalue weighted by atomic mass is 9.67. The first kappa shape index (κ1) is 32.1. The monoisotopic (exact) mass is 614 g/mol. The highest BCUT2D eigenvalue weighted by atomic mass is 35.5. The maximum atomic E-state index is 15.7. The molecule has 11 heteroatoms. The largest absolute Gasteiger partial charge is 0.445 e.